The minimum Gasteiger partial charge on any atom is -0.490 e. The van der Waals surface area contributed by atoms with E-state index in [9.17, 15) is 5.11 Å². The van der Waals surface area contributed by atoms with Crippen molar-refractivity contribution in [2.24, 2.45) is 11.1 Å². The van der Waals surface area contributed by atoms with Gasteiger partial charge in [0.1, 0.15) is 11.9 Å². The van der Waals surface area contributed by atoms with Crippen LogP contribution in [0.5, 0.6) is 5.75 Å². The van der Waals surface area contributed by atoms with Crippen molar-refractivity contribution in [1.82, 2.24) is 0 Å². The lowest BCUT2D eigenvalue weighted by molar-refractivity contribution is 0.0516. The van der Waals surface area contributed by atoms with E-state index in [2.05, 4.69) is 13.8 Å². The molecule has 0 radical (unpaired) electrons. The second kappa shape index (κ2) is 5.38. The summed E-state index contributed by atoms with van der Waals surface area (Å²) < 4.78 is 6.11. The summed E-state index contributed by atoms with van der Waals surface area (Å²) in [5, 5.41) is 9.95. The number of rotatable bonds is 4. The second-order valence-corrected chi connectivity index (χ2v) is 7.19. The van der Waals surface area contributed by atoms with Crippen LogP contribution in [-0.4, -0.2) is 16.8 Å². The average molecular weight is 277 g/mol. The lowest BCUT2D eigenvalue weighted by Crippen LogP contribution is -2.35. The molecule has 1 aliphatic carbocycles. The Bertz CT molecular complexity index is 445. The molecule has 0 spiro atoms. The molecule has 20 heavy (non-hydrogen) atoms. The normalized spacial score (nSPS) is 23.6. The largest absolute Gasteiger partial charge is 0.490 e. The molecule has 3 heteroatoms. The van der Waals surface area contributed by atoms with Crippen molar-refractivity contribution >= 4 is 0 Å². The molecule has 0 aliphatic heterocycles. The van der Waals surface area contributed by atoms with Gasteiger partial charge in [-0.3, -0.25) is 0 Å². The van der Waals surface area contributed by atoms with E-state index in [-0.39, 0.29) is 17.6 Å². The van der Waals surface area contributed by atoms with Crippen LogP contribution >= 0.6 is 0 Å². The van der Waals surface area contributed by atoms with E-state index in [1.165, 1.54) is 12.8 Å². The average Bonchev–Trinajstić information content (AvgIpc) is 2.68. The van der Waals surface area contributed by atoms with Crippen LogP contribution < -0.4 is 10.5 Å². The summed E-state index contributed by atoms with van der Waals surface area (Å²) in [5.41, 5.74) is 6.30. The third kappa shape index (κ3) is 3.33. The van der Waals surface area contributed by atoms with Gasteiger partial charge in [0.05, 0.1) is 11.6 Å². The van der Waals surface area contributed by atoms with Crippen molar-refractivity contribution < 1.29 is 9.84 Å². The highest BCUT2D eigenvalue weighted by molar-refractivity contribution is 5.30. The molecule has 2 atom stereocenters. The highest BCUT2D eigenvalue weighted by atomic mass is 16.5. The minimum atomic E-state index is -0.921. The third-order valence-corrected chi connectivity index (χ3v) is 4.44. The van der Waals surface area contributed by atoms with Gasteiger partial charge < -0.3 is 15.6 Å². The molecule has 0 amide bonds. The lowest BCUT2D eigenvalue weighted by Gasteiger charge is -2.28. The predicted molar refractivity (Wildman–Crippen MR) is 81.7 cm³/mol. The molecule has 1 saturated carbocycles. The Hall–Kier alpha value is -1.06. The van der Waals surface area contributed by atoms with Crippen LogP contribution in [0.1, 0.15) is 58.6 Å². The van der Waals surface area contributed by atoms with E-state index in [4.69, 9.17) is 10.5 Å². The fourth-order valence-electron chi connectivity index (χ4n) is 2.84. The van der Waals surface area contributed by atoms with E-state index in [0.29, 0.717) is 0 Å². The maximum Gasteiger partial charge on any atom is 0.119 e. The summed E-state index contributed by atoms with van der Waals surface area (Å²) in [5.74, 6) is 0.886. The first kappa shape index (κ1) is 15.3. The van der Waals surface area contributed by atoms with Gasteiger partial charge in [-0.25, -0.2) is 0 Å². The van der Waals surface area contributed by atoms with Crippen LogP contribution in [0.15, 0.2) is 24.3 Å². The number of benzene rings is 1. The van der Waals surface area contributed by atoms with Gasteiger partial charge in [0.25, 0.3) is 0 Å². The van der Waals surface area contributed by atoms with Gasteiger partial charge in [0.2, 0.25) is 0 Å². The Balaban J connectivity index is 2.06. The summed E-state index contributed by atoms with van der Waals surface area (Å²) in [6.07, 6.45) is 3.87. The van der Waals surface area contributed by atoms with Gasteiger partial charge in [0.15, 0.2) is 0 Å². The Morgan fingerprint density at radius 3 is 2.35 bits per heavy atom. The van der Waals surface area contributed by atoms with Gasteiger partial charge in [-0.2, -0.15) is 0 Å². The minimum absolute atomic E-state index is 0.252. The van der Waals surface area contributed by atoms with Gasteiger partial charge in [-0.15, -0.1) is 0 Å². The van der Waals surface area contributed by atoms with Crippen LogP contribution in [-0.2, 0) is 0 Å². The van der Waals surface area contributed by atoms with Crippen LogP contribution in [0.4, 0.5) is 0 Å². The molecular weight excluding hydrogens is 250 g/mol. The van der Waals surface area contributed by atoms with Gasteiger partial charge in [0, 0.05) is 5.41 Å². The zero-order chi connectivity index (χ0) is 15.0. The highest BCUT2D eigenvalue weighted by Gasteiger charge is 2.36. The van der Waals surface area contributed by atoms with Crippen LogP contribution in [0.25, 0.3) is 0 Å². The highest BCUT2D eigenvalue weighted by Crippen LogP contribution is 2.39. The molecule has 1 aromatic rings. The number of hydrogen-bond donors (Lipinski definition) is 2. The van der Waals surface area contributed by atoms with Crippen LogP contribution in [0.3, 0.4) is 0 Å². The van der Waals surface area contributed by atoms with Crippen LogP contribution in [0.2, 0.25) is 0 Å². The first-order chi connectivity index (χ1) is 9.20. The lowest BCUT2D eigenvalue weighted by atomic mass is 9.89. The quantitative estimate of drug-likeness (QED) is 0.886. The molecule has 1 aromatic carbocycles. The zero-order valence-corrected chi connectivity index (χ0v) is 13.0. The predicted octanol–water partition coefficient (Wildman–Crippen LogP) is 3.41. The monoisotopic (exact) mass is 277 g/mol. The smallest absolute Gasteiger partial charge is 0.119 e. The molecule has 1 fully saturated rings. The van der Waals surface area contributed by atoms with E-state index < -0.39 is 5.60 Å². The van der Waals surface area contributed by atoms with E-state index in [0.717, 1.165) is 17.7 Å². The van der Waals surface area contributed by atoms with Crippen LogP contribution in [0, 0.1) is 5.41 Å². The van der Waals surface area contributed by atoms with Crippen molar-refractivity contribution in [3.8, 4) is 5.75 Å². The van der Waals surface area contributed by atoms with Crippen molar-refractivity contribution in [3.05, 3.63) is 29.8 Å². The molecule has 2 unspecified atom stereocenters. The maximum absolute atomic E-state index is 9.95. The summed E-state index contributed by atoms with van der Waals surface area (Å²) in [4.78, 5) is 0. The fraction of sp³-hybridized carbons (Fsp3) is 0.647. The topological polar surface area (TPSA) is 55.5 Å². The SMILES string of the molecule is CC(C)(O)C(N)c1ccc(OC2CCCC2(C)C)cc1. The van der Waals surface area contributed by atoms with Crippen molar-refractivity contribution in [2.75, 3.05) is 0 Å². The van der Waals surface area contributed by atoms with Crippen molar-refractivity contribution in [1.29, 1.82) is 0 Å². The molecule has 0 heterocycles. The Morgan fingerprint density at radius 2 is 1.90 bits per heavy atom. The second-order valence-electron chi connectivity index (χ2n) is 7.19. The number of ether oxygens (including phenoxy) is 1. The molecule has 0 aromatic heterocycles. The summed E-state index contributed by atoms with van der Waals surface area (Å²) >= 11 is 0. The third-order valence-electron chi connectivity index (χ3n) is 4.44. The Kier molecular flexibility index (Phi) is 4.12. The Labute approximate surface area is 122 Å². The summed E-state index contributed by atoms with van der Waals surface area (Å²) in [6.45, 7) is 7.98. The van der Waals surface area contributed by atoms with E-state index in [1.54, 1.807) is 13.8 Å². The summed E-state index contributed by atoms with van der Waals surface area (Å²) in [6, 6.07) is 7.41. The Morgan fingerprint density at radius 1 is 1.30 bits per heavy atom. The molecule has 3 nitrogen and oxygen atoms in total. The molecule has 0 bridgehead atoms. The first-order valence-corrected chi connectivity index (χ1v) is 7.45. The number of hydrogen-bond acceptors (Lipinski definition) is 3. The van der Waals surface area contributed by atoms with E-state index in [1.807, 2.05) is 24.3 Å². The van der Waals surface area contributed by atoms with Gasteiger partial charge in [-0.05, 0) is 50.8 Å². The van der Waals surface area contributed by atoms with E-state index >= 15 is 0 Å². The molecule has 112 valence electrons. The van der Waals surface area contributed by atoms with Gasteiger partial charge in [-0.1, -0.05) is 26.0 Å². The molecular formula is C17H27NO2. The molecule has 1 aliphatic rings. The molecule has 2 rings (SSSR count). The number of aliphatic hydroxyl groups is 1. The van der Waals surface area contributed by atoms with Crippen molar-refractivity contribution in [2.45, 2.75) is 64.7 Å². The zero-order valence-electron chi connectivity index (χ0n) is 13.0. The van der Waals surface area contributed by atoms with Crippen molar-refractivity contribution in [3.63, 3.8) is 0 Å². The molecule has 0 saturated heterocycles. The fourth-order valence-corrected chi connectivity index (χ4v) is 2.84. The molecule has 3 N–H and O–H groups in total. The van der Waals surface area contributed by atoms with Gasteiger partial charge >= 0.3 is 0 Å². The standard InChI is InChI=1S/C17H27NO2/c1-16(2)11-5-6-14(16)20-13-9-7-12(8-10-13)15(18)17(3,4)19/h7-10,14-15,19H,5-6,11,18H2,1-4H3. The number of nitrogens with two attached hydrogens (primary N) is 1. The first-order valence-electron chi connectivity index (χ1n) is 7.45. The summed E-state index contributed by atoms with van der Waals surface area (Å²) in [7, 11) is 0. The maximum atomic E-state index is 9.95.